The lowest BCUT2D eigenvalue weighted by Crippen LogP contribution is -2.39. The van der Waals surface area contributed by atoms with Gasteiger partial charge in [-0.1, -0.05) is 24.3 Å². The molecule has 0 saturated heterocycles. The molecule has 0 aliphatic carbocycles. The molecule has 0 saturated carbocycles. The Balaban J connectivity index is 0.000000246. The summed E-state index contributed by atoms with van der Waals surface area (Å²) in [6.45, 7) is 1.40. The number of urea groups is 1. The maximum absolute atomic E-state index is 10.9. The molecular formula is C12H13F3N2O3. The summed E-state index contributed by atoms with van der Waals surface area (Å²) >= 11 is 0. The first-order chi connectivity index (χ1) is 9.21. The fourth-order valence-corrected chi connectivity index (χ4v) is 1.68. The van der Waals surface area contributed by atoms with E-state index in [9.17, 15) is 18.0 Å². The van der Waals surface area contributed by atoms with Gasteiger partial charge in [0, 0.05) is 13.1 Å². The number of nitrogens with zero attached hydrogens (tertiary/aromatic N) is 1. The van der Waals surface area contributed by atoms with Crippen LogP contribution < -0.4 is 5.73 Å². The molecule has 20 heavy (non-hydrogen) atoms. The molecule has 1 aromatic rings. The lowest BCUT2D eigenvalue weighted by molar-refractivity contribution is -0.192. The third kappa shape index (κ3) is 4.45. The van der Waals surface area contributed by atoms with Crippen LogP contribution >= 0.6 is 0 Å². The molecule has 5 nitrogen and oxygen atoms in total. The van der Waals surface area contributed by atoms with Crippen LogP contribution in [0.5, 0.6) is 0 Å². The van der Waals surface area contributed by atoms with Gasteiger partial charge in [-0.05, 0) is 17.5 Å². The van der Waals surface area contributed by atoms with E-state index < -0.39 is 12.1 Å². The van der Waals surface area contributed by atoms with Crippen molar-refractivity contribution in [2.45, 2.75) is 19.1 Å². The highest BCUT2D eigenvalue weighted by Crippen LogP contribution is 2.17. The van der Waals surface area contributed by atoms with Crippen LogP contribution in [0.25, 0.3) is 0 Å². The van der Waals surface area contributed by atoms with Crippen LogP contribution in [0.4, 0.5) is 18.0 Å². The van der Waals surface area contributed by atoms with Gasteiger partial charge in [0.2, 0.25) is 0 Å². The van der Waals surface area contributed by atoms with Crippen LogP contribution in [-0.4, -0.2) is 34.7 Å². The van der Waals surface area contributed by atoms with Gasteiger partial charge in [-0.3, -0.25) is 0 Å². The Bertz CT molecular complexity index is 503. The van der Waals surface area contributed by atoms with Crippen LogP contribution in [0.1, 0.15) is 11.1 Å². The molecule has 0 atom stereocenters. The highest BCUT2D eigenvalue weighted by atomic mass is 19.4. The molecule has 0 spiro atoms. The number of carboxylic acids is 1. The second kappa shape index (κ2) is 6.27. The average Bonchev–Trinajstić information content (AvgIpc) is 2.37. The van der Waals surface area contributed by atoms with Crippen molar-refractivity contribution in [3.05, 3.63) is 35.4 Å². The number of hydrogen-bond acceptors (Lipinski definition) is 2. The maximum atomic E-state index is 10.9. The smallest absolute Gasteiger partial charge is 0.475 e. The van der Waals surface area contributed by atoms with Gasteiger partial charge >= 0.3 is 18.2 Å². The summed E-state index contributed by atoms with van der Waals surface area (Å²) in [5, 5.41) is 7.12. The van der Waals surface area contributed by atoms with Gasteiger partial charge in [-0.2, -0.15) is 13.2 Å². The number of fused-ring (bicyclic) bond motifs is 1. The molecule has 1 aliphatic rings. The predicted molar refractivity (Wildman–Crippen MR) is 63.8 cm³/mol. The number of halogens is 3. The average molecular weight is 290 g/mol. The molecular weight excluding hydrogens is 277 g/mol. The highest BCUT2D eigenvalue weighted by molar-refractivity contribution is 5.73. The lowest BCUT2D eigenvalue weighted by atomic mass is 10.0. The molecule has 1 aromatic carbocycles. The van der Waals surface area contributed by atoms with Gasteiger partial charge in [-0.15, -0.1) is 0 Å². The number of nitrogens with two attached hydrogens (primary N) is 1. The minimum Gasteiger partial charge on any atom is -0.475 e. The molecule has 0 fully saturated rings. The summed E-state index contributed by atoms with van der Waals surface area (Å²) in [6, 6.07) is 7.84. The SMILES string of the molecule is NC(=O)N1CCc2ccccc2C1.O=C(O)C(F)(F)F. The molecule has 0 aromatic heterocycles. The largest absolute Gasteiger partial charge is 0.490 e. The van der Waals surface area contributed by atoms with Crippen LogP contribution in [0.3, 0.4) is 0 Å². The highest BCUT2D eigenvalue weighted by Gasteiger charge is 2.38. The number of amides is 2. The van der Waals surface area contributed by atoms with E-state index in [-0.39, 0.29) is 6.03 Å². The van der Waals surface area contributed by atoms with Crippen molar-refractivity contribution >= 4 is 12.0 Å². The van der Waals surface area contributed by atoms with Gasteiger partial charge in [-0.25, -0.2) is 9.59 Å². The minimum absolute atomic E-state index is 0.325. The molecule has 1 heterocycles. The van der Waals surface area contributed by atoms with Crippen LogP contribution in [0.2, 0.25) is 0 Å². The zero-order chi connectivity index (χ0) is 15.3. The van der Waals surface area contributed by atoms with Crippen molar-refractivity contribution in [1.29, 1.82) is 0 Å². The van der Waals surface area contributed by atoms with Crippen molar-refractivity contribution in [2.75, 3.05) is 6.54 Å². The Labute approximate surface area is 112 Å². The third-order valence-corrected chi connectivity index (χ3v) is 2.68. The van der Waals surface area contributed by atoms with Crippen LogP contribution in [-0.2, 0) is 17.8 Å². The van der Waals surface area contributed by atoms with E-state index in [0.29, 0.717) is 6.54 Å². The van der Waals surface area contributed by atoms with Gasteiger partial charge in [0.05, 0.1) is 0 Å². The number of alkyl halides is 3. The van der Waals surface area contributed by atoms with Gasteiger partial charge in [0.1, 0.15) is 0 Å². The molecule has 3 N–H and O–H groups in total. The summed E-state index contributed by atoms with van der Waals surface area (Å²) in [6.07, 6.45) is -4.17. The minimum atomic E-state index is -5.08. The number of aliphatic carboxylic acids is 1. The van der Waals surface area contributed by atoms with E-state index >= 15 is 0 Å². The van der Waals surface area contributed by atoms with E-state index in [1.54, 1.807) is 4.90 Å². The number of carbonyl (C=O) groups is 2. The van der Waals surface area contributed by atoms with Crippen LogP contribution in [0.15, 0.2) is 24.3 Å². The Morgan fingerprint density at radius 2 is 1.70 bits per heavy atom. The van der Waals surface area contributed by atoms with Crippen molar-refractivity contribution in [3.63, 3.8) is 0 Å². The lowest BCUT2D eigenvalue weighted by Gasteiger charge is -2.26. The molecule has 2 amide bonds. The van der Waals surface area contributed by atoms with Crippen molar-refractivity contribution < 1.29 is 27.9 Å². The Morgan fingerprint density at radius 1 is 1.20 bits per heavy atom. The molecule has 2 rings (SSSR count). The molecule has 0 bridgehead atoms. The van der Waals surface area contributed by atoms with Crippen molar-refractivity contribution in [1.82, 2.24) is 4.90 Å². The first-order valence-corrected chi connectivity index (χ1v) is 5.63. The number of carbonyl (C=O) groups excluding carboxylic acids is 1. The van der Waals surface area contributed by atoms with Gasteiger partial charge in [0.15, 0.2) is 0 Å². The number of benzene rings is 1. The fourth-order valence-electron chi connectivity index (χ4n) is 1.68. The van der Waals surface area contributed by atoms with E-state index in [2.05, 4.69) is 6.07 Å². The summed E-state index contributed by atoms with van der Waals surface area (Å²) in [7, 11) is 0. The van der Waals surface area contributed by atoms with E-state index in [1.807, 2.05) is 18.2 Å². The standard InChI is InChI=1S/C10H12N2O.C2HF3O2/c11-10(13)12-6-5-8-3-1-2-4-9(8)7-12;3-2(4,5)1(6)7/h1-4H,5-7H2,(H2,11,13);(H,6,7). The molecule has 0 unspecified atom stereocenters. The molecule has 110 valence electrons. The number of carboxylic acid groups (broad SMARTS) is 1. The molecule has 8 heteroatoms. The monoisotopic (exact) mass is 290 g/mol. The van der Waals surface area contributed by atoms with E-state index in [1.165, 1.54) is 11.1 Å². The van der Waals surface area contributed by atoms with Crippen molar-refractivity contribution in [3.8, 4) is 0 Å². The molecule has 1 aliphatic heterocycles. The van der Waals surface area contributed by atoms with Gasteiger partial charge < -0.3 is 15.7 Å². The zero-order valence-corrected chi connectivity index (χ0v) is 10.4. The first kappa shape index (κ1) is 15.8. The number of primary amides is 1. The number of rotatable bonds is 0. The zero-order valence-electron chi connectivity index (χ0n) is 10.4. The van der Waals surface area contributed by atoms with Crippen molar-refractivity contribution in [2.24, 2.45) is 5.73 Å². The fraction of sp³-hybridized carbons (Fsp3) is 0.333. The Kier molecular flexibility index (Phi) is 4.95. The predicted octanol–water partition coefficient (Wildman–Crippen LogP) is 1.76. The third-order valence-electron chi connectivity index (χ3n) is 2.68. The Hall–Kier alpha value is -2.25. The normalized spacial score (nSPS) is 13.8. The first-order valence-electron chi connectivity index (χ1n) is 5.63. The second-order valence-electron chi connectivity index (χ2n) is 4.08. The molecule has 0 radical (unpaired) electrons. The quantitative estimate of drug-likeness (QED) is 0.763. The van der Waals surface area contributed by atoms with Crippen LogP contribution in [0, 0.1) is 0 Å². The van der Waals surface area contributed by atoms with E-state index in [4.69, 9.17) is 15.6 Å². The summed E-state index contributed by atoms with van der Waals surface area (Å²) in [4.78, 5) is 21.5. The summed E-state index contributed by atoms with van der Waals surface area (Å²) < 4.78 is 31.7. The second-order valence-corrected chi connectivity index (χ2v) is 4.08. The topological polar surface area (TPSA) is 83.6 Å². The number of hydrogen-bond donors (Lipinski definition) is 2. The maximum Gasteiger partial charge on any atom is 0.490 e. The van der Waals surface area contributed by atoms with E-state index in [0.717, 1.165) is 13.0 Å². The summed E-state index contributed by atoms with van der Waals surface area (Å²) in [5.41, 5.74) is 7.76. The van der Waals surface area contributed by atoms with Gasteiger partial charge in [0.25, 0.3) is 0 Å². The Morgan fingerprint density at radius 3 is 2.15 bits per heavy atom. The summed E-state index contributed by atoms with van der Waals surface area (Å²) in [5.74, 6) is -2.76.